The highest BCUT2D eigenvalue weighted by Gasteiger charge is 2.31. The molecule has 0 aliphatic carbocycles. The molecule has 15 heteroatoms. The molecule has 0 atom stereocenters. The van der Waals surface area contributed by atoms with E-state index in [4.69, 9.17) is 41.7 Å². The van der Waals surface area contributed by atoms with Crippen LogP contribution in [-0.2, 0) is 9.09 Å². The van der Waals surface area contributed by atoms with Crippen LogP contribution >= 0.6 is 7.82 Å². The first-order valence-corrected chi connectivity index (χ1v) is 7.79. The van der Waals surface area contributed by atoms with Crippen LogP contribution in [0.3, 0.4) is 0 Å². The summed E-state index contributed by atoms with van der Waals surface area (Å²) in [6.07, 6.45) is 0. The molecule has 1 heterocycles. The molecule has 1 rings (SSSR count). The Hall–Kier alpha value is -1.64. The van der Waals surface area contributed by atoms with Gasteiger partial charge in [0.2, 0.25) is 17.8 Å². The molecule has 140 valence electrons. The number of phosphoric ester groups is 1. The molecule has 0 aliphatic heterocycles. The number of nitrogens with one attached hydrogen (secondary N) is 1. The minimum atomic E-state index is -4.64. The van der Waals surface area contributed by atoms with Gasteiger partial charge in [-0.05, 0) is 0 Å². The second-order valence-electron chi connectivity index (χ2n) is 4.45. The number of hydrogen-bond donors (Lipinski definition) is 9. The maximum Gasteiger partial charge on any atom is 0.469 e. The Morgan fingerprint density at radius 1 is 1.00 bits per heavy atom. The van der Waals surface area contributed by atoms with Crippen molar-refractivity contribution in [3.05, 3.63) is 0 Å². The van der Waals surface area contributed by atoms with Crippen molar-refractivity contribution in [3.63, 3.8) is 0 Å². The summed E-state index contributed by atoms with van der Waals surface area (Å²) in [5.74, 6) is 0.208. The molecule has 0 bridgehead atoms. The zero-order valence-electron chi connectivity index (χ0n) is 12.5. The molecular formula is C9H21N6O8P. The smallest absolute Gasteiger partial charge is 0.396 e. The van der Waals surface area contributed by atoms with E-state index < -0.39 is 39.7 Å². The van der Waals surface area contributed by atoms with Crippen molar-refractivity contribution in [2.75, 3.05) is 49.9 Å². The molecule has 0 saturated carbocycles. The van der Waals surface area contributed by atoms with Crippen LogP contribution in [0.15, 0.2) is 0 Å². The quantitative estimate of drug-likeness (QED) is 0.158. The zero-order valence-corrected chi connectivity index (χ0v) is 13.4. The second kappa shape index (κ2) is 10.3. The summed E-state index contributed by atoms with van der Waals surface area (Å²) in [6.45, 7) is -2.76. The van der Waals surface area contributed by atoms with Gasteiger partial charge in [0.05, 0.1) is 31.8 Å². The molecule has 1 aromatic rings. The van der Waals surface area contributed by atoms with E-state index >= 15 is 0 Å². The van der Waals surface area contributed by atoms with E-state index in [0.29, 0.717) is 0 Å². The molecule has 24 heavy (non-hydrogen) atoms. The number of hydrogen-bond acceptors (Lipinski definition) is 12. The maximum atomic E-state index is 10.3. The topological polar surface area (TPSA) is 250 Å². The number of nitrogens with zero attached hydrogens (tertiary/aromatic N) is 3. The Morgan fingerprint density at radius 3 is 1.79 bits per heavy atom. The Bertz CT molecular complexity index is 510. The normalized spacial score (nSPS) is 11.6. The predicted molar refractivity (Wildman–Crippen MR) is 81.0 cm³/mol. The van der Waals surface area contributed by atoms with E-state index in [-0.39, 0.29) is 24.6 Å². The lowest BCUT2D eigenvalue weighted by Crippen LogP contribution is -2.38. The number of rotatable bonds is 8. The number of aromatic nitrogens is 3. The molecule has 0 aliphatic rings. The van der Waals surface area contributed by atoms with Crippen LogP contribution in [0.2, 0.25) is 0 Å². The monoisotopic (exact) mass is 372 g/mol. The third-order valence-corrected chi connectivity index (χ3v) is 2.92. The third kappa shape index (κ3) is 8.85. The van der Waals surface area contributed by atoms with Crippen molar-refractivity contribution in [2.24, 2.45) is 5.41 Å². The summed E-state index contributed by atoms with van der Waals surface area (Å²) >= 11 is 0. The van der Waals surface area contributed by atoms with Gasteiger partial charge < -0.3 is 47.0 Å². The Morgan fingerprint density at radius 2 is 1.46 bits per heavy atom. The van der Waals surface area contributed by atoms with E-state index in [2.05, 4.69) is 24.8 Å². The lowest BCUT2D eigenvalue weighted by Gasteiger charge is -2.26. The van der Waals surface area contributed by atoms with Gasteiger partial charge in [0, 0.05) is 0 Å². The van der Waals surface area contributed by atoms with E-state index in [9.17, 15) is 4.57 Å². The van der Waals surface area contributed by atoms with Crippen LogP contribution < -0.4 is 16.8 Å². The van der Waals surface area contributed by atoms with E-state index in [1.54, 1.807) is 0 Å². The van der Waals surface area contributed by atoms with Crippen LogP contribution in [-0.4, -0.2) is 78.3 Å². The summed E-state index contributed by atoms with van der Waals surface area (Å²) in [5, 5.41) is 37.0. The molecule has 14 nitrogen and oxygen atoms in total. The Labute approximate surface area is 136 Å². The van der Waals surface area contributed by atoms with Gasteiger partial charge in [0.1, 0.15) is 6.73 Å². The van der Waals surface area contributed by atoms with Crippen LogP contribution in [0.5, 0.6) is 0 Å². The second-order valence-corrected chi connectivity index (χ2v) is 5.69. The molecule has 0 spiro atoms. The molecule has 0 radical (unpaired) electrons. The van der Waals surface area contributed by atoms with Gasteiger partial charge in [-0.2, -0.15) is 15.0 Å². The fourth-order valence-corrected chi connectivity index (χ4v) is 1.51. The SMILES string of the molecule is Nc1nc(N)nc(NCO)n1.O=P(O)(O)OCC(CO)(CO)CO. The molecule has 0 aromatic carbocycles. The zero-order chi connectivity index (χ0) is 18.8. The number of phosphoric acid groups is 1. The third-order valence-electron chi connectivity index (χ3n) is 2.45. The van der Waals surface area contributed by atoms with Crippen molar-refractivity contribution in [1.82, 2.24) is 15.0 Å². The number of nitrogen functional groups attached to an aromatic ring is 2. The van der Waals surface area contributed by atoms with Gasteiger partial charge >= 0.3 is 7.82 Å². The highest BCUT2D eigenvalue weighted by Crippen LogP contribution is 2.37. The standard InChI is InChI=1S/C5H13O7P.C4H8N6O/c6-1-5(2-7,3-8)4-12-13(9,10)11;5-2-8-3(6)10-4(9-2)7-1-11/h6-8H,1-4H2,(H2,9,10,11);11H,1H2,(H5,5,6,7,8,9,10). The first kappa shape index (κ1) is 22.4. The average molecular weight is 372 g/mol. The lowest BCUT2D eigenvalue weighted by atomic mass is 9.93. The van der Waals surface area contributed by atoms with Gasteiger partial charge in [-0.15, -0.1) is 0 Å². The number of nitrogens with two attached hydrogens (primary N) is 2. The van der Waals surface area contributed by atoms with E-state index in [1.165, 1.54) is 0 Å². The van der Waals surface area contributed by atoms with Crippen molar-refractivity contribution in [1.29, 1.82) is 0 Å². The van der Waals surface area contributed by atoms with Gasteiger partial charge in [0.15, 0.2) is 0 Å². The summed E-state index contributed by atoms with van der Waals surface area (Å²) in [5.41, 5.74) is 9.04. The average Bonchev–Trinajstić information content (AvgIpc) is 2.48. The first-order valence-electron chi connectivity index (χ1n) is 6.26. The highest BCUT2D eigenvalue weighted by molar-refractivity contribution is 7.46. The Kier molecular flexibility index (Phi) is 9.57. The lowest BCUT2D eigenvalue weighted by molar-refractivity contribution is -0.0318. The van der Waals surface area contributed by atoms with Gasteiger partial charge in [-0.1, -0.05) is 0 Å². The fourth-order valence-electron chi connectivity index (χ4n) is 1.07. The van der Waals surface area contributed by atoms with Crippen molar-refractivity contribution in [2.45, 2.75) is 0 Å². The summed E-state index contributed by atoms with van der Waals surface area (Å²) in [7, 11) is -4.64. The molecule has 0 saturated heterocycles. The van der Waals surface area contributed by atoms with Crippen molar-refractivity contribution in [3.8, 4) is 0 Å². The predicted octanol–water partition coefficient (Wildman–Crippen LogP) is -3.54. The van der Waals surface area contributed by atoms with Gasteiger partial charge in [-0.25, -0.2) is 4.57 Å². The number of aliphatic hydroxyl groups is 4. The summed E-state index contributed by atoms with van der Waals surface area (Å²) < 4.78 is 14.3. The van der Waals surface area contributed by atoms with Crippen LogP contribution in [0, 0.1) is 5.41 Å². The molecule has 0 fully saturated rings. The molecule has 11 N–H and O–H groups in total. The van der Waals surface area contributed by atoms with Crippen molar-refractivity contribution >= 4 is 25.7 Å². The minimum Gasteiger partial charge on any atom is -0.396 e. The van der Waals surface area contributed by atoms with E-state index in [0.717, 1.165) is 0 Å². The largest absolute Gasteiger partial charge is 0.469 e. The maximum absolute atomic E-state index is 10.3. The molecule has 0 amide bonds. The van der Waals surface area contributed by atoms with Crippen LogP contribution in [0.4, 0.5) is 17.8 Å². The molecule has 0 unspecified atom stereocenters. The number of anilines is 3. The molecular weight excluding hydrogens is 351 g/mol. The number of aliphatic hydroxyl groups excluding tert-OH is 4. The minimum absolute atomic E-state index is 0.0217. The van der Waals surface area contributed by atoms with Gasteiger partial charge in [0.25, 0.3) is 0 Å². The summed E-state index contributed by atoms with van der Waals surface area (Å²) in [6, 6.07) is 0. The Balaban J connectivity index is 0.000000446. The highest BCUT2D eigenvalue weighted by atomic mass is 31.2. The fraction of sp³-hybridized carbons (Fsp3) is 0.667. The van der Waals surface area contributed by atoms with Crippen LogP contribution in [0.1, 0.15) is 0 Å². The molecule has 1 aromatic heterocycles. The van der Waals surface area contributed by atoms with E-state index in [1.807, 2.05) is 0 Å². The van der Waals surface area contributed by atoms with Gasteiger partial charge in [-0.3, -0.25) is 4.52 Å². The van der Waals surface area contributed by atoms with Crippen LogP contribution in [0.25, 0.3) is 0 Å². The first-order chi connectivity index (χ1) is 11.1. The summed E-state index contributed by atoms with van der Waals surface area (Å²) in [4.78, 5) is 27.4. The van der Waals surface area contributed by atoms with Crippen molar-refractivity contribution < 1.29 is 39.3 Å².